The van der Waals surface area contributed by atoms with Gasteiger partial charge in [0.1, 0.15) is 0 Å². The quantitative estimate of drug-likeness (QED) is 0.711. The van der Waals surface area contributed by atoms with Crippen LogP contribution in [0.3, 0.4) is 0 Å². The van der Waals surface area contributed by atoms with Crippen LogP contribution in [0, 0.1) is 0 Å². The van der Waals surface area contributed by atoms with Crippen LogP contribution in [0.4, 0.5) is 0 Å². The predicted octanol–water partition coefficient (Wildman–Crippen LogP) is 2.74. The van der Waals surface area contributed by atoms with E-state index in [1.807, 2.05) is 0 Å². The van der Waals surface area contributed by atoms with E-state index in [9.17, 15) is 0 Å². The Morgan fingerprint density at radius 1 is 1.18 bits per heavy atom. The zero-order valence-electron chi connectivity index (χ0n) is 11.8. The Morgan fingerprint density at radius 3 is 2.41 bits per heavy atom. The van der Waals surface area contributed by atoms with E-state index in [-0.39, 0.29) is 5.60 Å². The van der Waals surface area contributed by atoms with E-state index in [0.29, 0.717) is 6.04 Å². The van der Waals surface area contributed by atoms with Crippen LogP contribution in [0.15, 0.2) is 0 Å². The first-order valence-electron chi connectivity index (χ1n) is 7.24. The van der Waals surface area contributed by atoms with E-state index in [4.69, 9.17) is 9.47 Å². The first-order chi connectivity index (χ1) is 8.29. The molecule has 1 heterocycles. The third-order valence-electron chi connectivity index (χ3n) is 3.62. The Labute approximate surface area is 106 Å². The van der Waals surface area contributed by atoms with Gasteiger partial charge in [-0.05, 0) is 26.3 Å². The lowest BCUT2D eigenvalue weighted by Gasteiger charge is -2.43. The summed E-state index contributed by atoms with van der Waals surface area (Å²) in [5, 5.41) is 3.69. The maximum Gasteiger partial charge on any atom is 0.0878 e. The lowest BCUT2D eigenvalue weighted by Crippen LogP contribution is -2.55. The molecule has 1 fully saturated rings. The maximum atomic E-state index is 6.14. The van der Waals surface area contributed by atoms with Crippen LogP contribution in [0.5, 0.6) is 0 Å². The molecule has 1 saturated heterocycles. The molecule has 0 aromatic rings. The van der Waals surface area contributed by atoms with Crippen molar-refractivity contribution in [2.75, 3.05) is 26.4 Å². The molecule has 1 N–H and O–H groups in total. The fraction of sp³-hybridized carbons (Fsp3) is 1.00. The molecule has 3 nitrogen and oxygen atoms in total. The molecule has 1 aliphatic heterocycles. The van der Waals surface area contributed by atoms with E-state index >= 15 is 0 Å². The molecule has 0 saturated carbocycles. The molecule has 102 valence electrons. The first-order valence-corrected chi connectivity index (χ1v) is 7.24. The van der Waals surface area contributed by atoms with Gasteiger partial charge in [-0.2, -0.15) is 0 Å². The molecule has 0 amide bonds. The van der Waals surface area contributed by atoms with Crippen molar-refractivity contribution in [2.24, 2.45) is 0 Å². The van der Waals surface area contributed by atoms with Gasteiger partial charge in [-0.3, -0.25) is 0 Å². The fourth-order valence-electron chi connectivity index (χ4n) is 2.76. The summed E-state index contributed by atoms with van der Waals surface area (Å²) in [7, 11) is 0. The molecule has 0 aromatic carbocycles. The maximum absolute atomic E-state index is 6.14. The predicted molar refractivity (Wildman–Crippen MR) is 71.4 cm³/mol. The van der Waals surface area contributed by atoms with Gasteiger partial charge in [-0.1, -0.05) is 20.3 Å². The number of nitrogens with one attached hydrogen (secondary N) is 1. The summed E-state index contributed by atoms with van der Waals surface area (Å²) in [4.78, 5) is 0. The summed E-state index contributed by atoms with van der Waals surface area (Å²) in [6.07, 6.45) is 5.64. The summed E-state index contributed by atoms with van der Waals surface area (Å²) in [6, 6.07) is 0.483. The SMILES string of the molecule is CCCNC(CCC)C1(OCC)CCOCC1. The molecule has 0 aromatic heterocycles. The van der Waals surface area contributed by atoms with Gasteiger partial charge in [-0.15, -0.1) is 0 Å². The van der Waals surface area contributed by atoms with Crippen molar-refractivity contribution in [1.29, 1.82) is 0 Å². The fourth-order valence-corrected chi connectivity index (χ4v) is 2.76. The molecule has 0 bridgehead atoms. The van der Waals surface area contributed by atoms with Crippen LogP contribution in [0.1, 0.15) is 52.9 Å². The van der Waals surface area contributed by atoms with Crippen molar-refractivity contribution in [3.8, 4) is 0 Å². The largest absolute Gasteiger partial charge is 0.381 e. The first kappa shape index (κ1) is 14.9. The minimum Gasteiger partial charge on any atom is -0.381 e. The Hall–Kier alpha value is -0.120. The Bertz CT molecular complexity index is 185. The van der Waals surface area contributed by atoms with Crippen molar-refractivity contribution < 1.29 is 9.47 Å². The lowest BCUT2D eigenvalue weighted by atomic mass is 9.83. The van der Waals surface area contributed by atoms with Gasteiger partial charge < -0.3 is 14.8 Å². The number of rotatable bonds is 8. The summed E-state index contributed by atoms with van der Waals surface area (Å²) in [6.45, 7) is 10.1. The Kier molecular flexibility index (Phi) is 7.09. The number of ether oxygens (including phenoxy) is 2. The Balaban J connectivity index is 2.67. The molecule has 1 rings (SSSR count). The molecule has 0 radical (unpaired) electrons. The molecule has 1 atom stereocenters. The van der Waals surface area contributed by atoms with Crippen LogP contribution in [-0.4, -0.2) is 38.0 Å². The zero-order valence-corrected chi connectivity index (χ0v) is 11.8. The second-order valence-electron chi connectivity index (χ2n) is 4.91. The van der Waals surface area contributed by atoms with Gasteiger partial charge >= 0.3 is 0 Å². The standard InChI is InChI=1S/C14H29NO2/c1-4-7-13(15-10-5-2)14(17-6-3)8-11-16-12-9-14/h13,15H,4-12H2,1-3H3. The molecule has 0 spiro atoms. The van der Waals surface area contributed by atoms with Gasteiger partial charge in [0, 0.05) is 38.7 Å². The van der Waals surface area contributed by atoms with Crippen LogP contribution in [0.25, 0.3) is 0 Å². The third kappa shape index (κ3) is 4.23. The van der Waals surface area contributed by atoms with Gasteiger partial charge in [-0.25, -0.2) is 0 Å². The second kappa shape index (κ2) is 8.06. The van der Waals surface area contributed by atoms with Gasteiger partial charge in [0.25, 0.3) is 0 Å². The van der Waals surface area contributed by atoms with Crippen molar-refractivity contribution >= 4 is 0 Å². The summed E-state index contributed by atoms with van der Waals surface area (Å²) >= 11 is 0. The topological polar surface area (TPSA) is 30.5 Å². The molecular weight excluding hydrogens is 214 g/mol. The van der Waals surface area contributed by atoms with Crippen molar-refractivity contribution in [3.63, 3.8) is 0 Å². The highest BCUT2D eigenvalue weighted by Crippen LogP contribution is 2.31. The van der Waals surface area contributed by atoms with Crippen LogP contribution >= 0.6 is 0 Å². The molecule has 1 unspecified atom stereocenters. The van der Waals surface area contributed by atoms with Gasteiger partial charge in [0.2, 0.25) is 0 Å². The highest BCUT2D eigenvalue weighted by atomic mass is 16.5. The summed E-state index contributed by atoms with van der Waals surface area (Å²) in [5.41, 5.74) is 0.0121. The van der Waals surface area contributed by atoms with E-state index < -0.39 is 0 Å². The second-order valence-corrected chi connectivity index (χ2v) is 4.91. The van der Waals surface area contributed by atoms with Crippen LogP contribution in [-0.2, 0) is 9.47 Å². The van der Waals surface area contributed by atoms with Crippen LogP contribution in [0.2, 0.25) is 0 Å². The van der Waals surface area contributed by atoms with Crippen LogP contribution < -0.4 is 5.32 Å². The third-order valence-corrected chi connectivity index (χ3v) is 3.62. The van der Waals surface area contributed by atoms with Crippen molar-refractivity contribution in [3.05, 3.63) is 0 Å². The highest BCUT2D eigenvalue weighted by molar-refractivity contribution is 4.95. The van der Waals surface area contributed by atoms with E-state index in [1.165, 1.54) is 19.3 Å². The number of hydrogen-bond donors (Lipinski definition) is 1. The summed E-state index contributed by atoms with van der Waals surface area (Å²) in [5.74, 6) is 0. The molecule has 0 aliphatic carbocycles. The highest BCUT2D eigenvalue weighted by Gasteiger charge is 2.40. The zero-order chi connectivity index (χ0) is 12.6. The van der Waals surface area contributed by atoms with E-state index in [0.717, 1.165) is 39.2 Å². The minimum atomic E-state index is 0.0121. The Morgan fingerprint density at radius 2 is 1.88 bits per heavy atom. The lowest BCUT2D eigenvalue weighted by molar-refractivity contribution is -0.128. The summed E-state index contributed by atoms with van der Waals surface area (Å²) < 4.78 is 11.6. The monoisotopic (exact) mass is 243 g/mol. The smallest absolute Gasteiger partial charge is 0.0878 e. The minimum absolute atomic E-state index is 0.0121. The number of hydrogen-bond acceptors (Lipinski definition) is 3. The molecular formula is C14H29NO2. The molecule has 3 heteroatoms. The van der Waals surface area contributed by atoms with Crippen molar-refractivity contribution in [2.45, 2.75) is 64.5 Å². The molecule has 17 heavy (non-hydrogen) atoms. The molecule has 1 aliphatic rings. The van der Waals surface area contributed by atoms with Crippen molar-refractivity contribution in [1.82, 2.24) is 5.32 Å². The average Bonchev–Trinajstić information content (AvgIpc) is 2.36. The van der Waals surface area contributed by atoms with Gasteiger partial charge in [0.05, 0.1) is 5.60 Å². The normalized spacial score (nSPS) is 21.4. The average molecular weight is 243 g/mol. The van der Waals surface area contributed by atoms with Gasteiger partial charge in [0.15, 0.2) is 0 Å². The van der Waals surface area contributed by atoms with E-state index in [2.05, 4.69) is 26.1 Å². The van der Waals surface area contributed by atoms with E-state index in [1.54, 1.807) is 0 Å².